The van der Waals surface area contributed by atoms with Crippen molar-refractivity contribution in [2.45, 2.75) is 20.4 Å². The van der Waals surface area contributed by atoms with Gasteiger partial charge in [-0.2, -0.15) is 0 Å². The van der Waals surface area contributed by atoms with Crippen molar-refractivity contribution in [3.8, 4) is 0 Å². The van der Waals surface area contributed by atoms with Crippen molar-refractivity contribution in [2.24, 2.45) is 11.7 Å². The Balaban J connectivity index is 2.66. The highest BCUT2D eigenvalue weighted by Gasteiger charge is 2.04. The van der Waals surface area contributed by atoms with Gasteiger partial charge in [0.15, 0.2) is 0 Å². The Labute approximate surface area is 85.2 Å². The van der Waals surface area contributed by atoms with E-state index in [9.17, 15) is 0 Å². The van der Waals surface area contributed by atoms with E-state index in [0.29, 0.717) is 12.5 Å². The average Bonchev–Trinajstić information content (AvgIpc) is 2.17. The minimum Gasteiger partial charge on any atom is -0.358 e. The highest BCUT2D eigenvalue weighted by molar-refractivity contribution is 5.34. The lowest BCUT2D eigenvalue weighted by Gasteiger charge is -2.19. The molecule has 1 aromatic heterocycles. The topological polar surface area (TPSA) is 55.0 Å². The molecule has 0 radical (unpaired) electrons. The second-order valence-corrected chi connectivity index (χ2v) is 3.84. The lowest BCUT2D eigenvalue weighted by atomic mass is 10.2. The quantitative estimate of drug-likeness (QED) is 0.777. The first-order chi connectivity index (χ1) is 6.63. The third-order valence-electron chi connectivity index (χ3n) is 1.93. The van der Waals surface area contributed by atoms with E-state index in [4.69, 9.17) is 5.73 Å². The molecule has 0 saturated carbocycles. The van der Waals surface area contributed by atoms with E-state index in [-0.39, 0.29) is 0 Å². The molecule has 0 bridgehead atoms. The molecule has 78 valence electrons. The fraction of sp³-hybridized carbons (Fsp3) is 0.600. The van der Waals surface area contributed by atoms with Crippen LogP contribution in [0.15, 0.2) is 12.4 Å². The minimum atomic E-state index is 0.446. The molecule has 0 aromatic carbocycles. The largest absolute Gasteiger partial charge is 0.358 e. The van der Waals surface area contributed by atoms with Crippen molar-refractivity contribution in [3.05, 3.63) is 18.1 Å². The molecule has 1 heterocycles. The summed E-state index contributed by atoms with van der Waals surface area (Å²) in [4.78, 5) is 10.6. The maximum Gasteiger partial charge on any atom is 0.146 e. The second-order valence-electron chi connectivity index (χ2n) is 3.84. The van der Waals surface area contributed by atoms with E-state index in [1.807, 2.05) is 7.05 Å². The molecule has 4 nitrogen and oxygen atoms in total. The van der Waals surface area contributed by atoms with Crippen LogP contribution in [0.3, 0.4) is 0 Å². The van der Waals surface area contributed by atoms with Crippen LogP contribution in [-0.2, 0) is 6.54 Å². The first kappa shape index (κ1) is 10.9. The fourth-order valence-electron chi connectivity index (χ4n) is 1.29. The highest BCUT2D eigenvalue weighted by atomic mass is 15.2. The van der Waals surface area contributed by atoms with Gasteiger partial charge in [-0.1, -0.05) is 13.8 Å². The molecular weight excluding hydrogens is 176 g/mol. The van der Waals surface area contributed by atoms with E-state index >= 15 is 0 Å². The number of aromatic nitrogens is 2. The average molecular weight is 194 g/mol. The Morgan fingerprint density at radius 3 is 2.50 bits per heavy atom. The molecule has 0 aliphatic carbocycles. The summed E-state index contributed by atoms with van der Waals surface area (Å²) in [6, 6.07) is 0. The molecule has 0 aliphatic heterocycles. The summed E-state index contributed by atoms with van der Waals surface area (Å²) in [5, 5.41) is 0. The van der Waals surface area contributed by atoms with Gasteiger partial charge in [-0.3, -0.25) is 4.98 Å². The van der Waals surface area contributed by atoms with Gasteiger partial charge in [0.05, 0.1) is 18.1 Å². The number of hydrogen-bond acceptors (Lipinski definition) is 4. The van der Waals surface area contributed by atoms with E-state index < -0.39 is 0 Å². The first-order valence-electron chi connectivity index (χ1n) is 4.85. The van der Waals surface area contributed by atoms with E-state index in [1.165, 1.54) is 0 Å². The molecule has 4 heteroatoms. The molecule has 14 heavy (non-hydrogen) atoms. The van der Waals surface area contributed by atoms with E-state index in [0.717, 1.165) is 18.1 Å². The van der Waals surface area contributed by atoms with Gasteiger partial charge in [-0.15, -0.1) is 0 Å². The molecular formula is C10H18N4. The van der Waals surface area contributed by atoms with Gasteiger partial charge < -0.3 is 10.6 Å². The molecule has 0 amide bonds. The minimum absolute atomic E-state index is 0.446. The standard InChI is InChI=1S/C10H18N4/c1-8(2)7-14(3)10-6-12-9(4-11)5-13-10/h5-6,8H,4,7,11H2,1-3H3. The molecule has 2 N–H and O–H groups in total. The number of anilines is 1. The predicted molar refractivity (Wildman–Crippen MR) is 58.0 cm³/mol. The van der Waals surface area contributed by atoms with Crippen molar-refractivity contribution in [1.82, 2.24) is 9.97 Å². The van der Waals surface area contributed by atoms with Gasteiger partial charge in [0.1, 0.15) is 5.82 Å². The van der Waals surface area contributed by atoms with Gasteiger partial charge in [-0.25, -0.2) is 4.98 Å². The van der Waals surface area contributed by atoms with Crippen LogP contribution in [0.4, 0.5) is 5.82 Å². The Morgan fingerprint density at radius 2 is 2.07 bits per heavy atom. The molecule has 0 saturated heterocycles. The van der Waals surface area contributed by atoms with Crippen LogP contribution in [0.1, 0.15) is 19.5 Å². The van der Waals surface area contributed by atoms with Crippen molar-refractivity contribution < 1.29 is 0 Å². The molecule has 0 atom stereocenters. The maximum atomic E-state index is 5.44. The third-order valence-corrected chi connectivity index (χ3v) is 1.93. The van der Waals surface area contributed by atoms with Gasteiger partial charge in [0.2, 0.25) is 0 Å². The summed E-state index contributed by atoms with van der Waals surface area (Å²) < 4.78 is 0. The molecule has 0 spiro atoms. The number of nitrogens with two attached hydrogens (primary N) is 1. The maximum absolute atomic E-state index is 5.44. The molecule has 0 aliphatic rings. The first-order valence-corrected chi connectivity index (χ1v) is 4.85. The monoisotopic (exact) mass is 194 g/mol. The van der Waals surface area contributed by atoms with Crippen LogP contribution in [0.2, 0.25) is 0 Å². The lowest BCUT2D eigenvalue weighted by Crippen LogP contribution is -2.23. The Kier molecular flexibility index (Phi) is 3.83. The van der Waals surface area contributed by atoms with Crippen LogP contribution in [0.5, 0.6) is 0 Å². The zero-order valence-corrected chi connectivity index (χ0v) is 9.07. The smallest absolute Gasteiger partial charge is 0.146 e. The van der Waals surface area contributed by atoms with Gasteiger partial charge in [-0.05, 0) is 5.92 Å². The van der Waals surface area contributed by atoms with Crippen LogP contribution in [0, 0.1) is 5.92 Å². The molecule has 0 fully saturated rings. The van der Waals surface area contributed by atoms with E-state index in [1.54, 1.807) is 12.4 Å². The van der Waals surface area contributed by atoms with Gasteiger partial charge in [0, 0.05) is 20.1 Å². The third kappa shape index (κ3) is 2.96. The SMILES string of the molecule is CC(C)CN(C)c1cnc(CN)cn1. The second kappa shape index (κ2) is 4.91. The zero-order chi connectivity index (χ0) is 10.6. The summed E-state index contributed by atoms with van der Waals surface area (Å²) in [5.74, 6) is 1.52. The molecule has 1 rings (SSSR count). The van der Waals surface area contributed by atoms with Crippen molar-refractivity contribution in [1.29, 1.82) is 0 Å². The number of nitrogens with zero attached hydrogens (tertiary/aromatic N) is 3. The van der Waals surface area contributed by atoms with Crippen molar-refractivity contribution in [2.75, 3.05) is 18.5 Å². The van der Waals surface area contributed by atoms with Crippen LogP contribution < -0.4 is 10.6 Å². The van der Waals surface area contributed by atoms with E-state index in [2.05, 4.69) is 28.7 Å². The van der Waals surface area contributed by atoms with Crippen molar-refractivity contribution >= 4 is 5.82 Å². The normalized spacial score (nSPS) is 10.6. The summed E-state index contributed by atoms with van der Waals surface area (Å²) in [6.45, 7) is 5.79. The molecule has 1 aromatic rings. The summed E-state index contributed by atoms with van der Waals surface area (Å²) in [6.07, 6.45) is 3.50. The van der Waals surface area contributed by atoms with Crippen LogP contribution in [0.25, 0.3) is 0 Å². The zero-order valence-electron chi connectivity index (χ0n) is 9.07. The number of hydrogen-bond donors (Lipinski definition) is 1. The molecule has 0 unspecified atom stereocenters. The highest BCUT2D eigenvalue weighted by Crippen LogP contribution is 2.08. The van der Waals surface area contributed by atoms with Gasteiger partial charge in [0.25, 0.3) is 0 Å². The summed E-state index contributed by atoms with van der Waals surface area (Å²) >= 11 is 0. The van der Waals surface area contributed by atoms with Crippen molar-refractivity contribution in [3.63, 3.8) is 0 Å². The van der Waals surface area contributed by atoms with Gasteiger partial charge >= 0.3 is 0 Å². The number of rotatable bonds is 4. The summed E-state index contributed by atoms with van der Waals surface area (Å²) in [5.41, 5.74) is 6.27. The Morgan fingerprint density at radius 1 is 1.36 bits per heavy atom. The predicted octanol–water partition coefficient (Wildman–Crippen LogP) is 1.03. The fourth-order valence-corrected chi connectivity index (χ4v) is 1.29. The Bertz CT molecular complexity index is 268. The van der Waals surface area contributed by atoms with Crippen LogP contribution in [-0.4, -0.2) is 23.6 Å². The van der Waals surface area contributed by atoms with Crippen LogP contribution >= 0.6 is 0 Å². The summed E-state index contributed by atoms with van der Waals surface area (Å²) in [7, 11) is 2.02. The Hall–Kier alpha value is -1.16. The lowest BCUT2D eigenvalue weighted by molar-refractivity contribution is 0.633.